The maximum absolute atomic E-state index is 13.1. The monoisotopic (exact) mass is 554 g/mol. The minimum Gasteiger partial charge on any atom is -0.452 e. The first kappa shape index (κ1) is 24.4. The van der Waals surface area contributed by atoms with Crippen LogP contribution in [0, 0.1) is 23.7 Å². The first-order valence-electron chi connectivity index (χ1n) is 10.9. The van der Waals surface area contributed by atoms with Crippen molar-refractivity contribution < 1.29 is 23.9 Å². The molecule has 3 amide bonds. The first-order chi connectivity index (χ1) is 16.7. The van der Waals surface area contributed by atoms with Crippen molar-refractivity contribution in [1.82, 2.24) is 0 Å². The minimum atomic E-state index is -0.738. The van der Waals surface area contributed by atoms with Crippen LogP contribution in [0.1, 0.15) is 16.8 Å². The number of rotatable bonds is 5. The number of nitrogens with zero attached hydrogens (tertiary/aromatic N) is 1. The highest BCUT2D eigenvalue weighted by Gasteiger charge is 2.66. The van der Waals surface area contributed by atoms with E-state index in [9.17, 15) is 19.2 Å². The number of benzene rings is 2. The van der Waals surface area contributed by atoms with Crippen LogP contribution in [0.25, 0.3) is 0 Å². The molecule has 2 aliphatic carbocycles. The summed E-state index contributed by atoms with van der Waals surface area (Å²) in [5, 5.41) is 2.54. The number of nitrogens with one attached hydrogen (secondary N) is 1. The number of amides is 3. The third-order valence-corrected chi connectivity index (χ3v) is 8.75. The molecular weight excluding hydrogens is 538 g/mol. The third kappa shape index (κ3) is 4.18. The molecule has 1 saturated heterocycles. The zero-order valence-electron chi connectivity index (χ0n) is 17.9. The van der Waals surface area contributed by atoms with Crippen molar-refractivity contribution in [2.24, 2.45) is 23.7 Å². The molecule has 0 aromatic heterocycles. The van der Waals surface area contributed by atoms with Crippen LogP contribution in [0.4, 0.5) is 11.4 Å². The molecule has 2 saturated carbocycles. The number of ether oxygens (including phenoxy) is 1. The summed E-state index contributed by atoms with van der Waals surface area (Å²) in [5.74, 6) is -3.02. The second kappa shape index (κ2) is 9.28. The summed E-state index contributed by atoms with van der Waals surface area (Å²) in [6, 6.07) is 10.4. The standard InChI is InChI=1S/C24H18Cl4N2O5/c25-11-3-6-16(15(26)7-11)29-17(31)9-35-24(34)10-1-4-12(5-2-10)30-22(32)18-13-8-14(19(18)23(30)33)21(28)20(13)27/h1-7,13-14,18-21H,8-9H2,(H,29,31)/t13-,14-,18-,19-,20-,21+/m1/s1. The lowest BCUT2D eigenvalue weighted by Crippen LogP contribution is -2.37. The molecule has 2 aromatic carbocycles. The van der Waals surface area contributed by atoms with Gasteiger partial charge in [0.05, 0.1) is 44.6 Å². The Morgan fingerprint density at radius 2 is 1.54 bits per heavy atom. The van der Waals surface area contributed by atoms with Gasteiger partial charge in [-0.3, -0.25) is 19.3 Å². The Morgan fingerprint density at radius 3 is 2.11 bits per heavy atom. The Balaban J connectivity index is 1.21. The van der Waals surface area contributed by atoms with Gasteiger partial charge in [0, 0.05) is 5.02 Å². The van der Waals surface area contributed by atoms with Crippen molar-refractivity contribution in [3.05, 3.63) is 58.1 Å². The van der Waals surface area contributed by atoms with E-state index in [2.05, 4.69) is 5.32 Å². The van der Waals surface area contributed by atoms with Gasteiger partial charge >= 0.3 is 5.97 Å². The third-order valence-electron chi connectivity index (χ3n) is 6.89. The molecule has 2 bridgehead atoms. The Morgan fingerprint density at radius 1 is 0.943 bits per heavy atom. The number of alkyl halides is 2. The number of hydrogen-bond acceptors (Lipinski definition) is 5. The molecule has 1 aliphatic heterocycles. The number of fused-ring (bicyclic) bond motifs is 5. The van der Waals surface area contributed by atoms with Crippen molar-refractivity contribution in [3.63, 3.8) is 0 Å². The topological polar surface area (TPSA) is 92.8 Å². The van der Waals surface area contributed by atoms with Gasteiger partial charge in [-0.05, 0) is 60.7 Å². The van der Waals surface area contributed by atoms with Crippen LogP contribution in [0.5, 0.6) is 0 Å². The van der Waals surface area contributed by atoms with Crippen molar-refractivity contribution in [2.75, 3.05) is 16.8 Å². The van der Waals surface area contributed by atoms with E-state index < -0.39 is 30.3 Å². The summed E-state index contributed by atoms with van der Waals surface area (Å²) in [4.78, 5) is 51.8. The molecule has 35 heavy (non-hydrogen) atoms. The van der Waals surface area contributed by atoms with Crippen LogP contribution >= 0.6 is 46.4 Å². The maximum Gasteiger partial charge on any atom is 0.338 e. The van der Waals surface area contributed by atoms with Crippen LogP contribution in [0.3, 0.4) is 0 Å². The fourth-order valence-corrected chi connectivity index (χ4v) is 6.69. The molecule has 1 N–H and O–H groups in total. The molecule has 1 heterocycles. The highest BCUT2D eigenvalue weighted by atomic mass is 35.5. The van der Waals surface area contributed by atoms with E-state index in [0.29, 0.717) is 22.8 Å². The molecule has 0 spiro atoms. The summed E-state index contributed by atoms with van der Waals surface area (Å²) in [5.41, 5.74) is 0.852. The maximum atomic E-state index is 13.1. The van der Waals surface area contributed by atoms with Crippen LogP contribution in [-0.2, 0) is 19.1 Å². The van der Waals surface area contributed by atoms with Gasteiger partial charge in [-0.2, -0.15) is 0 Å². The van der Waals surface area contributed by atoms with Crippen LogP contribution in [0.15, 0.2) is 42.5 Å². The quantitative estimate of drug-likeness (QED) is 0.326. The van der Waals surface area contributed by atoms with Crippen LogP contribution in [0.2, 0.25) is 10.0 Å². The number of carbonyl (C=O) groups is 4. The average Bonchev–Trinajstić information content (AvgIpc) is 3.44. The summed E-state index contributed by atoms with van der Waals surface area (Å²) in [6.45, 7) is -0.534. The van der Waals surface area contributed by atoms with Crippen molar-refractivity contribution in [2.45, 2.75) is 17.2 Å². The fraction of sp³-hybridized carbons (Fsp3) is 0.333. The highest BCUT2D eigenvalue weighted by Crippen LogP contribution is 2.59. The molecule has 11 heteroatoms. The number of anilines is 2. The zero-order valence-corrected chi connectivity index (χ0v) is 20.9. The summed E-state index contributed by atoms with van der Waals surface area (Å²) in [6.07, 6.45) is 0.686. The summed E-state index contributed by atoms with van der Waals surface area (Å²) >= 11 is 24.6. The number of esters is 1. The Labute approximate surface area is 220 Å². The Hall–Kier alpha value is -2.32. The van der Waals surface area contributed by atoms with Crippen molar-refractivity contribution in [3.8, 4) is 0 Å². The minimum absolute atomic E-state index is 0.112. The van der Waals surface area contributed by atoms with Gasteiger partial charge in [0.2, 0.25) is 11.8 Å². The lowest BCUT2D eigenvalue weighted by molar-refractivity contribution is -0.123. The molecule has 2 aromatic rings. The molecule has 3 aliphatic rings. The van der Waals surface area contributed by atoms with Gasteiger partial charge in [0.15, 0.2) is 6.61 Å². The molecule has 3 fully saturated rings. The second-order valence-electron chi connectivity index (χ2n) is 8.81. The first-order valence-corrected chi connectivity index (χ1v) is 12.5. The van der Waals surface area contributed by atoms with E-state index in [1.807, 2.05) is 0 Å². The van der Waals surface area contributed by atoms with Gasteiger partial charge in [0.1, 0.15) is 0 Å². The van der Waals surface area contributed by atoms with E-state index in [-0.39, 0.29) is 45.0 Å². The number of halogens is 4. The Bertz CT molecular complexity index is 1200. The molecule has 5 rings (SSSR count). The van der Waals surface area contributed by atoms with Gasteiger partial charge in [-0.25, -0.2) is 4.79 Å². The molecule has 0 unspecified atom stereocenters. The van der Waals surface area contributed by atoms with Gasteiger partial charge < -0.3 is 10.1 Å². The Kier molecular flexibility index (Phi) is 6.46. The normalized spacial score (nSPS) is 28.9. The number of imide groups is 1. The van der Waals surface area contributed by atoms with E-state index in [1.165, 1.54) is 36.4 Å². The van der Waals surface area contributed by atoms with Crippen molar-refractivity contribution in [1.29, 1.82) is 0 Å². The number of hydrogen-bond donors (Lipinski definition) is 1. The predicted octanol–water partition coefficient (Wildman–Crippen LogP) is 4.76. The lowest BCUT2D eigenvalue weighted by Gasteiger charge is -2.28. The van der Waals surface area contributed by atoms with E-state index in [0.717, 1.165) is 4.90 Å². The second-order valence-corrected chi connectivity index (χ2v) is 10.7. The van der Waals surface area contributed by atoms with E-state index >= 15 is 0 Å². The van der Waals surface area contributed by atoms with Gasteiger partial charge in [-0.1, -0.05) is 23.2 Å². The van der Waals surface area contributed by atoms with E-state index in [1.54, 1.807) is 6.07 Å². The zero-order chi connectivity index (χ0) is 25.0. The predicted molar refractivity (Wildman–Crippen MR) is 132 cm³/mol. The van der Waals surface area contributed by atoms with E-state index in [4.69, 9.17) is 51.1 Å². The molecular formula is C24H18Cl4N2O5. The van der Waals surface area contributed by atoms with Crippen LogP contribution in [-0.4, -0.2) is 41.1 Å². The van der Waals surface area contributed by atoms with Gasteiger partial charge in [0.25, 0.3) is 5.91 Å². The fourth-order valence-electron chi connectivity index (χ4n) is 5.34. The lowest BCUT2D eigenvalue weighted by atomic mass is 9.80. The summed E-state index contributed by atoms with van der Waals surface area (Å²) in [7, 11) is 0. The van der Waals surface area contributed by atoms with Crippen LogP contribution < -0.4 is 10.2 Å². The molecule has 182 valence electrons. The average molecular weight is 556 g/mol. The molecule has 6 atom stereocenters. The smallest absolute Gasteiger partial charge is 0.338 e. The highest BCUT2D eigenvalue weighted by molar-refractivity contribution is 6.36. The van der Waals surface area contributed by atoms with Gasteiger partial charge in [-0.15, -0.1) is 23.2 Å². The molecule has 7 nitrogen and oxygen atoms in total. The summed E-state index contributed by atoms with van der Waals surface area (Å²) < 4.78 is 5.06. The largest absolute Gasteiger partial charge is 0.452 e. The number of carbonyl (C=O) groups excluding carboxylic acids is 4. The SMILES string of the molecule is O=C(COC(=O)c1ccc(N2C(=O)[C@@H]3[C@H]4C[C@@H]([C@@H](Cl)[C@H]4Cl)[C@H]3C2=O)cc1)Nc1ccc(Cl)cc1Cl. The molecule has 0 radical (unpaired) electrons. The van der Waals surface area contributed by atoms with Crippen molar-refractivity contribution >= 4 is 81.5 Å².